The molecule has 1 aliphatic carbocycles. The lowest BCUT2D eigenvalue weighted by molar-refractivity contribution is 0.00820. The fraction of sp³-hybridized carbons (Fsp3) is 0.640. The Balaban J connectivity index is 0.00000289. The van der Waals surface area contributed by atoms with Gasteiger partial charge in [0.1, 0.15) is 0 Å². The van der Waals surface area contributed by atoms with E-state index in [9.17, 15) is 0 Å². The zero-order valence-corrected chi connectivity index (χ0v) is 21.9. The molecule has 0 radical (unpaired) electrons. The molecule has 0 aromatic heterocycles. The fourth-order valence-corrected chi connectivity index (χ4v) is 5.12. The number of benzene rings is 1. The first kappa shape index (κ1) is 25.3. The van der Waals surface area contributed by atoms with Crippen LogP contribution in [-0.2, 0) is 11.3 Å². The highest BCUT2D eigenvalue weighted by atomic mass is 127. The Morgan fingerprint density at radius 2 is 1.69 bits per heavy atom. The molecule has 0 amide bonds. The number of guanidine groups is 1. The molecule has 7 heteroatoms. The van der Waals surface area contributed by atoms with Gasteiger partial charge in [-0.2, -0.15) is 0 Å². The van der Waals surface area contributed by atoms with Gasteiger partial charge in [0, 0.05) is 64.0 Å². The first-order valence-corrected chi connectivity index (χ1v) is 12.0. The number of hydrogen-bond acceptors (Lipinski definition) is 4. The topological polar surface area (TPSA) is 52.1 Å². The highest BCUT2D eigenvalue weighted by molar-refractivity contribution is 14.0. The summed E-state index contributed by atoms with van der Waals surface area (Å²) in [4.78, 5) is 9.46. The number of halogens is 1. The van der Waals surface area contributed by atoms with Crippen LogP contribution in [0.1, 0.15) is 37.7 Å². The summed E-state index contributed by atoms with van der Waals surface area (Å²) in [6, 6.07) is 8.88. The van der Waals surface area contributed by atoms with E-state index in [1.807, 2.05) is 7.05 Å². The third kappa shape index (κ3) is 7.09. The predicted octanol–water partition coefficient (Wildman–Crippen LogP) is 3.63. The summed E-state index contributed by atoms with van der Waals surface area (Å²) >= 11 is 0. The molecule has 178 valence electrons. The molecule has 0 spiro atoms. The van der Waals surface area contributed by atoms with E-state index in [2.05, 4.69) is 61.8 Å². The molecule has 1 saturated carbocycles. The van der Waals surface area contributed by atoms with Crippen LogP contribution in [-0.4, -0.2) is 70.4 Å². The summed E-state index contributed by atoms with van der Waals surface area (Å²) in [5, 5.41) is 7.17. The van der Waals surface area contributed by atoms with Gasteiger partial charge in [-0.1, -0.05) is 43.5 Å². The Labute approximate surface area is 210 Å². The SMILES string of the molecule is CN=C(NCc1ccc(N2CC=CC2)cc1)NCC1(CN2CCOCC2)CCCCC1.I. The zero-order valence-electron chi connectivity index (χ0n) is 19.5. The molecule has 3 aliphatic rings. The van der Waals surface area contributed by atoms with Crippen molar-refractivity contribution in [3.63, 3.8) is 0 Å². The van der Waals surface area contributed by atoms with Gasteiger partial charge in [0.25, 0.3) is 0 Å². The molecule has 0 atom stereocenters. The lowest BCUT2D eigenvalue weighted by Gasteiger charge is -2.42. The van der Waals surface area contributed by atoms with Crippen molar-refractivity contribution in [1.82, 2.24) is 15.5 Å². The molecule has 6 nitrogen and oxygen atoms in total. The Morgan fingerprint density at radius 3 is 2.34 bits per heavy atom. The van der Waals surface area contributed by atoms with Crippen molar-refractivity contribution in [2.24, 2.45) is 10.4 Å². The maximum absolute atomic E-state index is 5.56. The zero-order chi connectivity index (χ0) is 21.4. The number of morpholine rings is 1. The van der Waals surface area contributed by atoms with Crippen molar-refractivity contribution in [1.29, 1.82) is 0 Å². The molecule has 2 aliphatic heterocycles. The highest BCUT2D eigenvalue weighted by Gasteiger charge is 2.34. The van der Waals surface area contributed by atoms with Gasteiger partial charge < -0.3 is 20.3 Å². The number of hydrogen-bond donors (Lipinski definition) is 2. The second-order valence-electron chi connectivity index (χ2n) is 9.27. The summed E-state index contributed by atoms with van der Waals surface area (Å²) in [5.74, 6) is 0.903. The van der Waals surface area contributed by atoms with Crippen molar-refractivity contribution in [3.05, 3.63) is 42.0 Å². The summed E-state index contributed by atoms with van der Waals surface area (Å²) in [6.45, 7) is 8.86. The number of nitrogens with one attached hydrogen (secondary N) is 2. The van der Waals surface area contributed by atoms with Crippen LogP contribution < -0.4 is 15.5 Å². The van der Waals surface area contributed by atoms with Gasteiger partial charge in [0.05, 0.1) is 13.2 Å². The second-order valence-corrected chi connectivity index (χ2v) is 9.27. The molecule has 2 N–H and O–H groups in total. The Bertz CT molecular complexity index is 731. The second kappa shape index (κ2) is 12.8. The van der Waals surface area contributed by atoms with Crippen LogP contribution in [0.5, 0.6) is 0 Å². The van der Waals surface area contributed by atoms with E-state index in [1.165, 1.54) is 49.9 Å². The van der Waals surface area contributed by atoms with Gasteiger partial charge in [-0.05, 0) is 30.5 Å². The third-order valence-electron chi connectivity index (χ3n) is 7.01. The molecule has 1 aromatic carbocycles. The Kier molecular flexibility index (Phi) is 10.1. The van der Waals surface area contributed by atoms with Crippen LogP contribution in [0.3, 0.4) is 0 Å². The number of rotatable bonds is 7. The van der Waals surface area contributed by atoms with Crippen LogP contribution in [0.2, 0.25) is 0 Å². The Morgan fingerprint density at radius 1 is 1.00 bits per heavy atom. The van der Waals surface area contributed by atoms with Gasteiger partial charge in [0.2, 0.25) is 0 Å². The summed E-state index contributed by atoms with van der Waals surface area (Å²) in [6.07, 6.45) is 11.1. The first-order chi connectivity index (χ1) is 15.3. The van der Waals surface area contributed by atoms with E-state index < -0.39 is 0 Å². The number of ether oxygens (including phenoxy) is 1. The standard InChI is InChI=1S/C25H39N5O.HI/c1-26-24(27-19-22-7-9-23(10-8-22)30-13-5-6-14-30)28-20-25(11-3-2-4-12-25)21-29-15-17-31-18-16-29;/h5-10H,2-4,11-21H2,1H3,(H2,26,27,28);1H. The third-order valence-corrected chi connectivity index (χ3v) is 7.01. The minimum absolute atomic E-state index is 0. The van der Waals surface area contributed by atoms with E-state index >= 15 is 0 Å². The van der Waals surface area contributed by atoms with E-state index in [-0.39, 0.29) is 24.0 Å². The van der Waals surface area contributed by atoms with Crippen LogP contribution >= 0.6 is 24.0 Å². The van der Waals surface area contributed by atoms with Crippen LogP contribution in [0.25, 0.3) is 0 Å². The lowest BCUT2D eigenvalue weighted by atomic mass is 9.73. The lowest BCUT2D eigenvalue weighted by Crippen LogP contribution is -2.51. The van der Waals surface area contributed by atoms with Gasteiger partial charge in [-0.3, -0.25) is 9.89 Å². The molecule has 4 rings (SSSR count). The fourth-order valence-electron chi connectivity index (χ4n) is 5.12. The monoisotopic (exact) mass is 553 g/mol. The molecule has 0 bridgehead atoms. The Hall–Kier alpha value is -1.32. The van der Waals surface area contributed by atoms with Crippen LogP contribution in [0.15, 0.2) is 41.4 Å². The van der Waals surface area contributed by atoms with Crippen molar-refractivity contribution in [3.8, 4) is 0 Å². The minimum Gasteiger partial charge on any atom is -0.379 e. The van der Waals surface area contributed by atoms with E-state index in [1.54, 1.807) is 0 Å². The van der Waals surface area contributed by atoms with Crippen molar-refractivity contribution < 1.29 is 4.74 Å². The molecule has 32 heavy (non-hydrogen) atoms. The van der Waals surface area contributed by atoms with Crippen LogP contribution in [0, 0.1) is 5.41 Å². The van der Waals surface area contributed by atoms with Gasteiger partial charge in [-0.15, -0.1) is 24.0 Å². The highest BCUT2D eigenvalue weighted by Crippen LogP contribution is 2.36. The van der Waals surface area contributed by atoms with Crippen LogP contribution in [0.4, 0.5) is 5.69 Å². The molecule has 0 unspecified atom stereocenters. The minimum atomic E-state index is 0. The number of nitrogens with zero attached hydrogens (tertiary/aromatic N) is 3. The van der Waals surface area contributed by atoms with Crippen molar-refractivity contribution >= 4 is 35.6 Å². The summed E-state index contributed by atoms with van der Waals surface area (Å²) in [7, 11) is 1.87. The van der Waals surface area contributed by atoms with E-state index in [4.69, 9.17) is 4.74 Å². The molecule has 1 saturated heterocycles. The van der Waals surface area contributed by atoms with Gasteiger partial charge in [-0.25, -0.2) is 0 Å². The molecule has 2 fully saturated rings. The smallest absolute Gasteiger partial charge is 0.191 e. The number of anilines is 1. The van der Waals surface area contributed by atoms with Crippen molar-refractivity contribution in [2.75, 3.05) is 64.4 Å². The van der Waals surface area contributed by atoms with E-state index in [0.717, 1.165) is 58.4 Å². The quantitative estimate of drug-likeness (QED) is 0.234. The van der Waals surface area contributed by atoms with E-state index in [0.29, 0.717) is 5.41 Å². The van der Waals surface area contributed by atoms with Gasteiger partial charge >= 0.3 is 0 Å². The normalized spacial score (nSPS) is 21.3. The molecular weight excluding hydrogens is 513 g/mol. The first-order valence-electron chi connectivity index (χ1n) is 12.0. The number of aliphatic imine (C=N–C) groups is 1. The van der Waals surface area contributed by atoms with Crippen molar-refractivity contribution in [2.45, 2.75) is 38.6 Å². The largest absolute Gasteiger partial charge is 0.379 e. The summed E-state index contributed by atoms with van der Waals surface area (Å²) < 4.78 is 5.56. The maximum atomic E-state index is 5.56. The molecule has 1 aromatic rings. The molecule has 2 heterocycles. The predicted molar refractivity (Wildman–Crippen MR) is 144 cm³/mol. The average molecular weight is 554 g/mol. The van der Waals surface area contributed by atoms with Gasteiger partial charge in [0.15, 0.2) is 5.96 Å². The average Bonchev–Trinajstić information content (AvgIpc) is 3.36. The molecular formula is C25H40IN5O. The summed E-state index contributed by atoms with van der Waals surface area (Å²) in [5.41, 5.74) is 2.91. The maximum Gasteiger partial charge on any atom is 0.191 e.